The fourth-order valence-corrected chi connectivity index (χ4v) is 3.10. The highest BCUT2D eigenvalue weighted by Gasteiger charge is 2.18. The Bertz CT molecular complexity index is 831. The quantitative estimate of drug-likeness (QED) is 0.569. The summed E-state index contributed by atoms with van der Waals surface area (Å²) in [6, 6.07) is 14.0. The number of nitrogens with zero attached hydrogens (tertiary/aromatic N) is 3. The first kappa shape index (κ1) is 20.4. The smallest absolute Gasteiger partial charge is 0.242 e. The maximum atomic E-state index is 13.1. The summed E-state index contributed by atoms with van der Waals surface area (Å²) >= 11 is 0. The molecule has 1 heterocycles. The largest absolute Gasteiger partial charge is 0.497 e. The van der Waals surface area contributed by atoms with Crippen LogP contribution in [0.4, 0.5) is 10.1 Å². The van der Waals surface area contributed by atoms with Crippen molar-refractivity contribution in [3.63, 3.8) is 0 Å². The third kappa shape index (κ3) is 5.84. The van der Waals surface area contributed by atoms with Crippen LogP contribution in [0.2, 0.25) is 0 Å². The van der Waals surface area contributed by atoms with Crippen LogP contribution in [0.25, 0.3) is 0 Å². The minimum absolute atomic E-state index is 0.0137. The number of benzene rings is 2. The topological polar surface area (TPSA) is 83.2 Å². The molecule has 0 saturated carbocycles. The van der Waals surface area contributed by atoms with E-state index in [2.05, 4.69) is 15.2 Å². The average Bonchev–Trinajstić information content (AvgIpc) is 2.77. The number of hydrogen-bond acceptors (Lipinski definition) is 4. The lowest BCUT2D eigenvalue weighted by molar-refractivity contribution is -0.119. The van der Waals surface area contributed by atoms with Gasteiger partial charge in [-0.15, -0.1) is 0 Å². The summed E-state index contributed by atoms with van der Waals surface area (Å²) < 4.78 is 18.2. The van der Waals surface area contributed by atoms with Crippen molar-refractivity contribution < 1.29 is 13.9 Å². The third-order valence-electron chi connectivity index (χ3n) is 4.83. The molecule has 1 fully saturated rings. The molecule has 0 spiro atoms. The van der Waals surface area contributed by atoms with Crippen molar-refractivity contribution in [2.75, 3.05) is 44.7 Å². The minimum atomic E-state index is -0.242. The Balaban J connectivity index is 1.42. The van der Waals surface area contributed by atoms with Gasteiger partial charge in [-0.25, -0.2) is 9.38 Å². The molecule has 0 radical (unpaired) electrons. The molecule has 0 atom stereocenters. The van der Waals surface area contributed by atoms with Gasteiger partial charge in [0.05, 0.1) is 7.11 Å². The fraction of sp³-hybridized carbons (Fsp3) is 0.333. The first-order valence-corrected chi connectivity index (χ1v) is 9.50. The average molecular weight is 399 g/mol. The number of halogens is 1. The molecule has 1 aliphatic rings. The summed E-state index contributed by atoms with van der Waals surface area (Å²) in [6.07, 6.45) is 0. The minimum Gasteiger partial charge on any atom is -0.497 e. The molecule has 29 heavy (non-hydrogen) atoms. The number of piperazine rings is 1. The molecule has 0 aliphatic carbocycles. The zero-order chi connectivity index (χ0) is 20.6. The Labute approximate surface area is 170 Å². The van der Waals surface area contributed by atoms with E-state index in [0.717, 1.165) is 30.1 Å². The van der Waals surface area contributed by atoms with Gasteiger partial charge in [-0.1, -0.05) is 12.1 Å². The normalized spacial score (nSPS) is 14.6. The standard InChI is InChI=1S/C21H26FN5O2/c1-29-19-8-2-16(3-9-19)14-24-20(28)15-25-21(23)27-12-10-26(11-13-27)18-6-4-17(22)5-7-18/h2-9H,10-15H2,1H3,(H2,23,25)(H,24,28). The summed E-state index contributed by atoms with van der Waals surface area (Å²) in [5.74, 6) is 0.711. The Morgan fingerprint density at radius 3 is 2.38 bits per heavy atom. The first-order valence-electron chi connectivity index (χ1n) is 9.50. The van der Waals surface area contributed by atoms with Gasteiger partial charge < -0.3 is 25.6 Å². The maximum Gasteiger partial charge on any atom is 0.242 e. The number of rotatable bonds is 6. The zero-order valence-electron chi connectivity index (χ0n) is 16.5. The Hall–Kier alpha value is -3.29. The highest BCUT2D eigenvalue weighted by Crippen LogP contribution is 2.16. The summed E-state index contributed by atoms with van der Waals surface area (Å²) in [5, 5.41) is 2.83. The van der Waals surface area contributed by atoms with Crippen LogP contribution in [0.5, 0.6) is 5.75 Å². The SMILES string of the molecule is COc1ccc(CNC(=O)CN=C(N)N2CCN(c3ccc(F)cc3)CC2)cc1. The number of amides is 1. The predicted octanol–water partition coefficient (Wildman–Crippen LogP) is 1.59. The van der Waals surface area contributed by atoms with Crippen LogP contribution >= 0.6 is 0 Å². The third-order valence-corrected chi connectivity index (χ3v) is 4.83. The summed E-state index contributed by atoms with van der Waals surface area (Å²) in [4.78, 5) is 20.4. The predicted molar refractivity (Wildman–Crippen MR) is 112 cm³/mol. The zero-order valence-corrected chi connectivity index (χ0v) is 16.5. The summed E-state index contributed by atoms with van der Waals surface area (Å²) in [7, 11) is 1.61. The van der Waals surface area contributed by atoms with Crippen molar-refractivity contribution in [1.82, 2.24) is 10.2 Å². The van der Waals surface area contributed by atoms with Crippen LogP contribution in [0.3, 0.4) is 0 Å². The molecule has 1 aliphatic heterocycles. The van der Waals surface area contributed by atoms with Crippen molar-refractivity contribution in [1.29, 1.82) is 0 Å². The first-order chi connectivity index (χ1) is 14.0. The van der Waals surface area contributed by atoms with Crippen molar-refractivity contribution >= 4 is 17.6 Å². The Morgan fingerprint density at radius 1 is 1.10 bits per heavy atom. The fourth-order valence-electron chi connectivity index (χ4n) is 3.10. The molecule has 1 amide bonds. The molecular formula is C21H26FN5O2. The number of carbonyl (C=O) groups excluding carboxylic acids is 1. The number of carbonyl (C=O) groups is 1. The molecule has 0 bridgehead atoms. The lowest BCUT2D eigenvalue weighted by Crippen LogP contribution is -2.51. The van der Waals surface area contributed by atoms with Gasteiger partial charge in [-0.05, 0) is 42.0 Å². The van der Waals surface area contributed by atoms with Gasteiger partial charge in [-0.3, -0.25) is 4.79 Å². The highest BCUT2D eigenvalue weighted by molar-refractivity contribution is 5.84. The van der Waals surface area contributed by atoms with E-state index in [-0.39, 0.29) is 18.3 Å². The molecule has 154 valence electrons. The van der Waals surface area contributed by atoms with Crippen LogP contribution in [-0.4, -0.2) is 56.6 Å². The van der Waals surface area contributed by atoms with E-state index < -0.39 is 0 Å². The highest BCUT2D eigenvalue weighted by atomic mass is 19.1. The molecule has 7 nitrogen and oxygen atoms in total. The van der Waals surface area contributed by atoms with E-state index in [4.69, 9.17) is 10.5 Å². The molecule has 8 heteroatoms. The van der Waals surface area contributed by atoms with E-state index >= 15 is 0 Å². The van der Waals surface area contributed by atoms with E-state index in [1.165, 1.54) is 12.1 Å². The van der Waals surface area contributed by atoms with Crippen LogP contribution < -0.4 is 20.7 Å². The number of guanidine groups is 1. The van der Waals surface area contributed by atoms with Crippen LogP contribution in [-0.2, 0) is 11.3 Å². The van der Waals surface area contributed by atoms with Gasteiger partial charge >= 0.3 is 0 Å². The lowest BCUT2D eigenvalue weighted by atomic mass is 10.2. The number of ether oxygens (including phenoxy) is 1. The molecule has 0 aromatic heterocycles. The van der Waals surface area contributed by atoms with E-state index in [9.17, 15) is 9.18 Å². The molecule has 3 rings (SSSR count). The van der Waals surface area contributed by atoms with Gasteiger partial charge in [-0.2, -0.15) is 0 Å². The second-order valence-electron chi connectivity index (χ2n) is 6.75. The van der Waals surface area contributed by atoms with Crippen LogP contribution in [0, 0.1) is 5.82 Å². The van der Waals surface area contributed by atoms with Crippen LogP contribution in [0.15, 0.2) is 53.5 Å². The number of nitrogens with one attached hydrogen (secondary N) is 1. The van der Waals surface area contributed by atoms with E-state index in [1.54, 1.807) is 19.2 Å². The Kier molecular flexibility index (Phi) is 6.89. The van der Waals surface area contributed by atoms with Gasteiger partial charge in [0, 0.05) is 38.4 Å². The summed E-state index contributed by atoms with van der Waals surface area (Å²) in [6.45, 7) is 3.31. The molecule has 0 unspecified atom stereocenters. The molecule has 2 aromatic rings. The van der Waals surface area contributed by atoms with Gasteiger partial charge in [0.1, 0.15) is 18.1 Å². The van der Waals surface area contributed by atoms with Crippen molar-refractivity contribution in [2.45, 2.75) is 6.54 Å². The van der Waals surface area contributed by atoms with Gasteiger partial charge in [0.15, 0.2) is 5.96 Å². The Morgan fingerprint density at radius 2 is 1.76 bits per heavy atom. The number of anilines is 1. The number of nitrogens with two attached hydrogens (primary N) is 1. The second-order valence-corrected chi connectivity index (χ2v) is 6.75. The second kappa shape index (κ2) is 9.77. The molecule has 2 aromatic carbocycles. The molecule has 3 N–H and O–H groups in total. The summed E-state index contributed by atoms with van der Waals surface area (Å²) in [5.41, 5.74) is 8.02. The number of hydrogen-bond donors (Lipinski definition) is 2. The van der Waals surface area contributed by atoms with Crippen molar-refractivity contribution in [2.24, 2.45) is 10.7 Å². The number of aliphatic imine (C=N–C) groups is 1. The molecule has 1 saturated heterocycles. The van der Waals surface area contributed by atoms with E-state index in [0.29, 0.717) is 25.6 Å². The van der Waals surface area contributed by atoms with E-state index in [1.807, 2.05) is 29.2 Å². The van der Waals surface area contributed by atoms with Crippen LogP contribution in [0.1, 0.15) is 5.56 Å². The van der Waals surface area contributed by atoms with Gasteiger partial charge in [0.25, 0.3) is 0 Å². The lowest BCUT2D eigenvalue weighted by Gasteiger charge is -2.36. The maximum absolute atomic E-state index is 13.1. The van der Waals surface area contributed by atoms with Crippen molar-refractivity contribution in [3.8, 4) is 5.75 Å². The monoisotopic (exact) mass is 399 g/mol. The molecular weight excluding hydrogens is 373 g/mol. The van der Waals surface area contributed by atoms with Gasteiger partial charge in [0.2, 0.25) is 5.91 Å². The number of methoxy groups -OCH3 is 1. The van der Waals surface area contributed by atoms with Crippen molar-refractivity contribution in [3.05, 3.63) is 59.9 Å².